The zero-order valence-electron chi connectivity index (χ0n) is 15.9. The summed E-state index contributed by atoms with van der Waals surface area (Å²) >= 11 is 0. The molecule has 26 heavy (non-hydrogen) atoms. The first-order valence-corrected chi connectivity index (χ1v) is 9.58. The largest absolute Gasteiger partial charge is 0.379 e. The van der Waals surface area contributed by atoms with E-state index in [2.05, 4.69) is 71.8 Å². The van der Waals surface area contributed by atoms with E-state index in [0.29, 0.717) is 12.6 Å². The summed E-state index contributed by atoms with van der Waals surface area (Å²) in [5, 5.41) is 9.38. The second-order valence-corrected chi connectivity index (χ2v) is 6.71. The molecule has 2 N–H and O–H groups in total. The Labute approximate surface area is 156 Å². The van der Waals surface area contributed by atoms with Gasteiger partial charge in [0.25, 0.3) is 0 Å². The molecular formula is C21H30N4O. The number of nitrogens with one attached hydrogen (secondary N) is 2. The predicted octanol–water partition coefficient (Wildman–Crippen LogP) is 2.62. The first kappa shape index (κ1) is 18.7. The van der Waals surface area contributed by atoms with Gasteiger partial charge < -0.3 is 15.4 Å². The lowest BCUT2D eigenvalue weighted by Gasteiger charge is -2.32. The highest BCUT2D eigenvalue weighted by molar-refractivity contribution is 5.86. The molecule has 0 saturated carbocycles. The summed E-state index contributed by atoms with van der Waals surface area (Å²) in [6.45, 7) is 10.4. The van der Waals surface area contributed by atoms with Crippen molar-refractivity contribution in [2.75, 3.05) is 39.4 Å². The number of ether oxygens (including phenoxy) is 1. The van der Waals surface area contributed by atoms with Crippen molar-refractivity contribution in [1.29, 1.82) is 0 Å². The van der Waals surface area contributed by atoms with Crippen molar-refractivity contribution in [2.45, 2.75) is 26.4 Å². The van der Waals surface area contributed by atoms with Crippen LogP contribution >= 0.6 is 0 Å². The maximum atomic E-state index is 5.44. The third-order valence-electron chi connectivity index (χ3n) is 4.87. The van der Waals surface area contributed by atoms with E-state index in [0.717, 1.165) is 45.4 Å². The minimum Gasteiger partial charge on any atom is -0.379 e. The Bertz CT molecular complexity index is 720. The van der Waals surface area contributed by atoms with Crippen molar-refractivity contribution in [3.8, 4) is 0 Å². The Morgan fingerprint density at radius 2 is 1.88 bits per heavy atom. The molecule has 2 aromatic rings. The molecule has 1 unspecified atom stereocenters. The summed E-state index contributed by atoms with van der Waals surface area (Å²) in [5.41, 5.74) is 1.25. The van der Waals surface area contributed by atoms with Crippen LogP contribution < -0.4 is 10.6 Å². The molecule has 0 aliphatic carbocycles. The van der Waals surface area contributed by atoms with Crippen molar-refractivity contribution >= 4 is 16.7 Å². The number of benzene rings is 2. The van der Waals surface area contributed by atoms with Crippen LogP contribution in [0.1, 0.15) is 19.4 Å². The van der Waals surface area contributed by atoms with Gasteiger partial charge in [-0.15, -0.1) is 0 Å². The summed E-state index contributed by atoms with van der Waals surface area (Å²) in [4.78, 5) is 7.27. The third kappa shape index (κ3) is 4.96. The van der Waals surface area contributed by atoms with E-state index in [1.165, 1.54) is 16.3 Å². The van der Waals surface area contributed by atoms with Gasteiger partial charge in [-0.1, -0.05) is 42.5 Å². The van der Waals surface area contributed by atoms with Crippen LogP contribution in [0, 0.1) is 0 Å². The highest BCUT2D eigenvalue weighted by Crippen LogP contribution is 2.19. The molecule has 0 spiro atoms. The van der Waals surface area contributed by atoms with Gasteiger partial charge in [-0.3, -0.25) is 4.90 Å². The summed E-state index contributed by atoms with van der Waals surface area (Å²) < 4.78 is 5.44. The third-order valence-corrected chi connectivity index (χ3v) is 4.87. The molecule has 0 amide bonds. The van der Waals surface area contributed by atoms with Gasteiger partial charge in [0.2, 0.25) is 0 Å². The maximum Gasteiger partial charge on any atom is 0.191 e. The highest BCUT2D eigenvalue weighted by atomic mass is 16.5. The fraction of sp³-hybridized carbons (Fsp3) is 0.476. The Hall–Kier alpha value is -2.11. The zero-order valence-corrected chi connectivity index (χ0v) is 15.9. The van der Waals surface area contributed by atoms with Crippen LogP contribution in [0.3, 0.4) is 0 Å². The lowest BCUT2D eigenvalue weighted by Crippen LogP contribution is -2.49. The van der Waals surface area contributed by atoms with Gasteiger partial charge in [-0.05, 0) is 30.2 Å². The van der Waals surface area contributed by atoms with E-state index in [1.807, 2.05) is 0 Å². The number of guanidine groups is 1. The van der Waals surface area contributed by atoms with E-state index in [-0.39, 0.29) is 0 Å². The molecule has 0 radical (unpaired) electrons. The molecule has 5 nitrogen and oxygen atoms in total. The normalized spacial score (nSPS) is 17.2. The molecule has 1 aliphatic heterocycles. The smallest absolute Gasteiger partial charge is 0.191 e. The fourth-order valence-electron chi connectivity index (χ4n) is 3.33. The molecule has 1 atom stereocenters. The van der Waals surface area contributed by atoms with Gasteiger partial charge in [-0.2, -0.15) is 0 Å². The monoisotopic (exact) mass is 354 g/mol. The highest BCUT2D eigenvalue weighted by Gasteiger charge is 2.17. The Balaban J connectivity index is 1.63. The Morgan fingerprint density at radius 3 is 2.69 bits per heavy atom. The average Bonchev–Trinajstić information content (AvgIpc) is 2.70. The standard InChI is InChI=1S/C21H30N4O/c1-3-22-21(23-15-17(2)25-11-13-26-14-12-25)24-16-19-9-6-8-18-7-4-5-10-20(18)19/h4-10,17H,3,11-16H2,1-2H3,(H2,22,23,24). The van der Waals surface area contributed by atoms with Crippen LogP contribution in [0.4, 0.5) is 0 Å². The molecule has 0 bridgehead atoms. The predicted molar refractivity (Wildman–Crippen MR) is 109 cm³/mol. The average molecular weight is 354 g/mol. The van der Waals surface area contributed by atoms with E-state index in [9.17, 15) is 0 Å². The lowest BCUT2D eigenvalue weighted by atomic mass is 10.1. The summed E-state index contributed by atoms with van der Waals surface area (Å²) in [6.07, 6.45) is 0. The second kappa shape index (κ2) is 9.55. The van der Waals surface area contributed by atoms with E-state index in [4.69, 9.17) is 9.73 Å². The van der Waals surface area contributed by atoms with Gasteiger partial charge in [-0.25, -0.2) is 4.99 Å². The molecule has 1 heterocycles. The lowest BCUT2D eigenvalue weighted by molar-refractivity contribution is 0.0211. The number of hydrogen-bond acceptors (Lipinski definition) is 3. The SMILES string of the molecule is CCNC(=NCc1cccc2ccccc12)NCC(C)N1CCOCC1. The van der Waals surface area contributed by atoms with Crippen LogP contribution in [-0.2, 0) is 11.3 Å². The summed E-state index contributed by atoms with van der Waals surface area (Å²) in [6, 6.07) is 15.4. The van der Waals surface area contributed by atoms with Gasteiger partial charge in [0.1, 0.15) is 0 Å². The quantitative estimate of drug-likeness (QED) is 0.618. The van der Waals surface area contributed by atoms with E-state index < -0.39 is 0 Å². The van der Waals surface area contributed by atoms with Gasteiger partial charge in [0, 0.05) is 32.2 Å². The Kier molecular flexibility index (Phi) is 6.86. The van der Waals surface area contributed by atoms with Gasteiger partial charge >= 0.3 is 0 Å². The number of fused-ring (bicyclic) bond motifs is 1. The van der Waals surface area contributed by atoms with E-state index in [1.54, 1.807) is 0 Å². The van der Waals surface area contributed by atoms with Crippen LogP contribution in [0.25, 0.3) is 10.8 Å². The molecule has 140 valence electrons. The fourth-order valence-corrected chi connectivity index (χ4v) is 3.33. The number of morpholine rings is 1. The molecule has 1 saturated heterocycles. The van der Waals surface area contributed by atoms with Crippen LogP contribution in [0.15, 0.2) is 47.5 Å². The van der Waals surface area contributed by atoms with E-state index >= 15 is 0 Å². The molecule has 1 fully saturated rings. The number of rotatable bonds is 6. The van der Waals surface area contributed by atoms with Crippen molar-refractivity contribution in [1.82, 2.24) is 15.5 Å². The minimum atomic E-state index is 0.459. The van der Waals surface area contributed by atoms with Crippen LogP contribution in [-0.4, -0.2) is 56.3 Å². The number of hydrogen-bond donors (Lipinski definition) is 2. The topological polar surface area (TPSA) is 48.9 Å². The van der Waals surface area contributed by atoms with Crippen molar-refractivity contribution in [3.05, 3.63) is 48.0 Å². The van der Waals surface area contributed by atoms with Crippen molar-refractivity contribution < 1.29 is 4.74 Å². The van der Waals surface area contributed by atoms with Gasteiger partial charge in [0.05, 0.1) is 19.8 Å². The first-order chi connectivity index (χ1) is 12.8. The van der Waals surface area contributed by atoms with Gasteiger partial charge in [0.15, 0.2) is 5.96 Å². The molecule has 0 aromatic heterocycles. The molecule has 3 rings (SSSR count). The maximum absolute atomic E-state index is 5.44. The number of aliphatic imine (C=N–C) groups is 1. The van der Waals surface area contributed by atoms with Crippen molar-refractivity contribution in [2.24, 2.45) is 4.99 Å². The first-order valence-electron chi connectivity index (χ1n) is 9.58. The summed E-state index contributed by atoms with van der Waals surface area (Å²) in [5.74, 6) is 0.876. The second-order valence-electron chi connectivity index (χ2n) is 6.71. The molecule has 1 aliphatic rings. The van der Waals surface area contributed by atoms with Crippen molar-refractivity contribution in [3.63, 3.8) is 0 Å². The van der Waals surface area contributed by atoms with Crippen LogP contribution in [0.5, 0.6) is 0 Å². The minimum absolute atomic E-state index is 0.459. The zero-order chi connectivity index (χ0) is 18.2. The number of nitrogens with zero attached hydrogens (tertiary/aromatic N) is 2. The Morgan fingerprint density at radius 1 is 1.12 bits per heavy atom. The molecular weight excluding hydrogens is 324 g/mol. The molecule has 2 aromatic carbocycles. The summed E-state index contributed by atoms with van der Waals surface area (Å²) in [7, 11) is 0. The molecule has 5 heteroatoms. The van der Waals surface area contributed by atoms with Crippen LogP contribution in [0.2, 0.25) is 0 Å².